The third kappa shape index (κ3) is 2.65. The summed E-state index contributed by atoms with van der Waals surface area (Å²) in [6, 6.07) is 2.10. The lowest BCUT2D eigenvalue weighted by molar-refractivity contribution is 0.0451. The van der Waals surface area contributed by atoms with Crippen LogP contribution in [0.3, 0.4) is 0 Å². The Hall–Kier alpha value is -1.58. The Balaban J connectivity index is 2.42. The average molecular weight is 293 g/mol. The fourth-order valence-electron chi connectivity index (χ4n) is 2.52. The van der Waals surface area contributed by atoms with Crippen LogP contribution >= 0.6 is 11.3 Å². The number of hydrogen-bond donors (Lipinski definition) is 2. The molecule has 6 heteroatoms. The number of carbonyl (C=O) groups is 1. The van der Waals surface area contributed by atoms with Crippen molar-refractivity contribution in [3.63, 3.8) is 0 Å². The van der Waals surface area contributed by atoms with Gasteiger partial charge in [0, 0.05) is 19.5 Å². The van der Waals surface area contributed by atoms with Gasteiger partial charge in [0.25, 0.3) is 0 Å². The molecular weight excluding hydrogens is 274 g/mol. The molecule has 1 atom stereocenters. The van der Waals surface area contributed by atoms with Gasteiger partial charge in [-0.15, -0.1) is 11.3 Å². The summed E-state index contributed by atoms with van der Waals surface area (Å²) in [5.41, 5.74) is 5.83. The third-order valence-electron chi connectivity index (χ3n) is 3.57. The molecule has 1 unspecified atom stereocenters. The molecule has 2 rings (SSSR count). The van der Waals surface area contributed by atoms with Crippen molar-refractivity contribution in [2.24, 2.45) is 0 Å². The number of carbonyl (C=O) groups excluding carboxylic acids is 1. The summed E-state index contributed by atoms with van der Waals surface area (Å²) >= 11 is 1.27. The van der Waals surface area contributed by atoms with Gasteiger partial charge in [0.05, 0.1) is 16.2 Å². The van der Waals surface area contributed by atoms with Gasteiger partial charge < -0.3 is 15.7 Å². The number of Topliss-reactive ketones (excluding diaryl/α,β-unsaturated/α-hetero) is 1. The highest BCUT2D eigenvalue weighted by molar-refractivity contribution is 7.19. The third-order valence-corrected chi connectivity index (χ3v) is 4.88. The topological polar surface area (TPSA) is 90.4 Å². The average Bonchev–Trinajstić information content (AvgIpc) is 2.73. The van der Waals surface area contributed by atoms with E-state index in [1.54, 1.807) is 13.8 Å². The van der Waals surface area contributed by atoms with Crippen molar-refractivity contribution >= 4 is 27.8 Å². The summed E-state index contributed by atoms with van der Waals surface area (Å²) in [7, 11) is 0. The van der Waals surface area contributed by atoms with Crippen molar-refractivity contribution in [3.05, 3.63) is 10.4 Å². The first-order valence-electron chi connectivity index (χ1n) is 6.72. The Bertz CT molecular complexity index is 572. The van der Waals surface area contributed by atoms with E-state index in [1.807, 2.05) is 4.90 Å². The van der Waals surface area contributed by atoms with Gasteiger partial charge in [0.1, 0.15) is 16.6 Å². The second-order valence-electron chi connectivity index (χ2n) is 5.44. The number of thiophene rings is 1. The van der Waals surface area contributed by atoms with Crippen molar-refractivity contribution in [1.82, 2.24) is 0 Å². The van der Waals surface area contributed by atoms with Crippen molar-refractivity contribution in [2.45, 2.75) is 38.7 Å². The van der Waals surface area contributed by atoms with Gasteiger partial charge in [-0.05, 0) is 19.8 Å². The second kappa shape index (κ2) is 5.43. The molecule has 0 amide bonds. The largest absolute Gasteiger partial charge is 0.396 e. The van der Waals surface area contributed by atoms with Crippen molar-refractivity contribution in [3.8, 4) is 6.07 Å². The summed E-state index contributed by atoms with van der Waals surface area (Å²) in [4.78, 5) is 14.3. The van der Waals surface area contributed by atoms with Gasteiger partial charge in [-0.2, -0.15) is 5.26 Å². The first kappa shape index (κ1) is 14.8. The monoisotopic (exact) mass is 293 g/mol. The Kier molecular flexibility index (Phi) is 4.02. The molecule has 0 saturated carbocycles. The highest BCUT2D eigenvalue weighted by Gasteiger charge is 2.32. The minimum Gasteiger partial charge on any atom is -0.396 e. The molecule has 1 aromatic heterocycles. The van der Waals surface area contributed by atoms with Crippen LogP contribution in [0.4, 0.5) is 10.7 Å². The minimum absolute atomic E-state index is 0.0426. The number of nitrogens with two attached hydrogens (primary N) is 1. The molecule has 108 valence electrons. The number of piperidine rings is 1. The van der Waals surface area contributed by atoms with Crippen LogP contribution in [0, 0.1) is 11.3 Å². The smallest absolute Gasteiger partial charge is 0.174 e. The molecule has 0 radical (unpaired) electrons. The summed E-state index contributed by atoms with van der Waals surface area (Å²) in [6.45, 7) is 4.80. The Morgan fingerprint density at radius 3 is 2.90 bits per heavy atom. The van der Waals surface area contributed by atoms with Crippen LogP contribution < -0.4 is 10.6 Å². The number of β-amino-alcohol motifs (C(OH)–C–C–N with tert-alkyl or cyclic N) is 1. The van der Waals surface area contributed by atoms with Crippen molar-refractivity contribution < 1.29 is 9.90 Å². The van der Waals surface area contributed by atoms with Crippen LogP contribution in [0.1, 0.15) is 48.3 Å². The van der Waals surface area contributed by atoms with Gasteiger partial charge in [0.15, 0.2) is 5.78 Å². The molecule has 0 spiro atoms. The Labute approximate surface area is 122 Å². The minimum atomic E-state index is -0.765. The highest BCUT2D eigenvalue weighted by atomic mass is 32.1. The van der Waals surface area contributed by atoms with Crippen molar-refractivity contribution in [1.29, 1.82) is 5.26 Å². The van der Waals surface area contributed by atoms with E-state index >= 15 is 0 Å². The molecule has 1 aliphatic heterocycles. The van der Waals surface area contributed by atoms with Gasteiger partial charge in [-0.3, -0.25) is 4.79 Å². The van der Waals surface area contributed by atoms with Crippen LogP contribution in [0.15, 0.2) is 0 Å². The molecule has 0 aromatic carbocycles. The van der Waals surface area contributed by atoms with E-state index in [0.717, 1.165) is 19.4 Å². The maximum Gasteiger partial charge on any atom is 0.174 e. The number of ketones is 1. The zero-order chi connectivity index (χ0) is 14.9. The lowest BCUT2D eigenvalue weighted by Gasteiger charge is -2.37. The number of rotatable bonds is 3. The maximum absolute atomic E-state index is 11.9. The number of nitrogen functional groups attached to an aromatic ring is 1. The first-order chi connectivity index (χ1) is 9.39. The molecule has 1 aliphatic rings. The normalized spacial score (nSPS) is 22.6. The molecule has 5 nitrogen and oxygen atoms in total. The Morgan fingerprint density at radius 2 is 2.35 bits per heavy atom. The molecule has 2 heterocycles. The number of nitrogens with zero attached hydrogens (tertiary/aromatic N) is 2. The molecule has 1 saturated heterocycles. The van der Waals surface area contributed by atoms with E-state index in [2.05, 4.69) is 6.07 Å². The molecule has 0 bridgehead atoms. The van der Waals surface area contributed by atoms with Crippen LogP contribution in [0.2, 0.25) is 0 Å². The van der Waals surface area contributed by atoms with Gasteiger partial charge in [0.2, 0.25) is 0 Å². The van der Waals surface area contributed by atoms with E-state index in [1.165, 1.54) is 11.3 Å². The van der Waals surface area contributed by atoms with E-state index in [-0.39, 0.29) is 11.5 Å². The predicted molar refractivity (Wildman–Crippen MR) is 80.1 cm³/mol. The zero-order valence-corrected chi connectivity index (χ0v) is 12.6. The number of hydrogen-bond acceptors (Lipinski definition) is 6. The summed E-state index contributed by atoms with van der Waals surface area (Å²) in [6.07, 6.45) is 1.96. The maximum atomic E-state index is 11.9. The standard InChI is InChI=1S/C14H19N3O2S/c1-3-10(18)12-11(16)9(7-15)13(20-12)17-6-4-5-14(2,19)8-17/h19H,3-6,8,16H2,1-2H3. The fourth-order valence-corrected chi connectivity index (χ4v) is 3.73. The highest BCUT2D eigenvalue weighted by Crippen LogP contribution is 2.40. The van der Waals surface area contributed by atoms with Gasteiger partial charge >= 0.3 is 0 Å². The van der Waals surface area contributed by atoms with Gasteiger partial charge in [-0.1, -0.05) is 6.92 Å². The summed E-state index contributed by atoms with van der Waals surface area (Å²) in [5, 5.41) is 20.2. The summed E-state index contributed by atoms with van der Waals surface area (Å²) < 4.78 is 0. The molecule has 0 aliphatic carbocycles. The molecule has 3 N–H and O–H groups in total. The molecule has 1 fully saturated rings. The Morgan fingerprint density at radius 1 is 1.65 bits per heavy atom. The van der Waals surface area contributed by atoms with E-state index < -0.39 is 5.60 Å². The fraction of sp³-hybridized carbons (Fsp3) is 0.571. The lowest BCUT2D eigenvalue weighted by Crippen LogP contribution is -2.46. The predicted octanol–water partition coefficient (Wildman–Crippen LogP) is 2.15. The van der Waals surface area contributed by atoms with Gasteiger partial charge in [-0.25, -0.2) is 0 Å². The number of aliphatic hydroxyl groups is 1. The van der Waals surface area contributed by atoms with E-state index in [9.17, 15) is 15.2 Å². The van der Waals surface area contributed by atoms with Crippen LogP contribution in [-0.2, 0) is 0 Å². The second-order valence-corrected chi connectivity index (χ2v) is 6.43. The van der Waals surface area contributed by atoms with Crippen LogP contribution in [0.25, 0.3) is 0 Å². The van der Waals surface area contributed by atoms with Crippen molar-refractivity contribution in [2.75, 3.05) is 23.7 Å². The number of anilines is 2. The van der Waals surface area contributed by atoms with Crippen LogP contribution in [-0.4, -0.2) is 29.6 Å². The molecule has 1 aromatic rings. The summed E-state index contributed by atoms with van der Waals surface area (Å²) in [5.74, 6) is -0.0426. The lowest BCUT2D eigenvalue weighted by atomic mass is 9.95. The van der Waals surface area contributed by atoms with E-state index in [0.29, 0.717) is 28.4 Å². The SMILES string of the molecule is CCC(=O)c1sc(N2CCCC(C)(O)C2)c(C#N)c1N. The molecule has 20 heavy (non-hydrogen) atoms. The number of nitriles is 1. The van der Waals surface area contributed by atoms with E-state index in [4.69, 9.17) is 5.73 Å². The first-order valence-corrected chi connectivity index (χ1v) is 7.54. The quantitative estimate of drug-likeness (QED) is 0.833. The zero-order valence-electron chi connectivity index (χ0n) is 11.8. The van der Waals surface area contributed by atoms with Crippen LogP contribution in [0.5, 0.6) is 0 Å². The molecular formula is C14H19N3O2S.